The second-order valence-corrected chi connectivity index (χ2v) is 6.41. The molecule has 3 N–H and O–H groups in total. The Kier molecular flexibility index (Phi) is 4.78. The summed E-state index contributed by atoms with van der Waals surface area (Å²) < 4.78 is 14.2. The number of hydrazone groups is 1. The van der Waals surface area contributed by atoms with E-state index in [1.54, 1.807) is 31.2 Å². The van der Waals surface area contributed by atoms with Gasteiger partial charge >= 0.3 is 0 Å². The number of nitrogens with one attached hydrogen (secondary N) is 1. The minimum atomic E-state index is -0.415. The van der Waals surface area contributed by atoms with Crippen LogP contribution in [0, 0.1) is 12.7 Å². The van der Waals surface area contributed by atoms with Crippen molar-refractivity contribution in [1.29, 1.82) is 0 Å². The molecule has 1 heterocycles. The van der Waals surface area contributed by atoms with E-state index in [4.69, 9.17) is 0 Å². The van der Waals surface area contributed by atoms with Crippen LogP contribution in [0.4, 0.5) is 10.2 Å². The van der Waals surface area contributed by atoms with Gasteiger partial charge < -0.3 is 10.2 Å². The van der Waals surface area contributed by atoms with Crippen LogP contribution in [-0.4, -0.2) is 26.4 Å². The van der Waals surface area contributed by atoms with Crippen molar-refractivity contribution in [2.45, 2.75) is 6.92 Å². The third kappa shape index (κ3) is 3.58. The Morgan fingerprint density at radius 1 is 0.966 bits per heavy atom. The summed E-state index contributed by atoms with van der Waals surface area (Å²) in [6.07, 6.45) is 1.42. The number of aromatic hydroxyl groups is 2. The molecule has 4 aromatic rings. The first kappa shape index (κ1) is 18.4. The number of anilines is 1. The van der Waals surface area contributed by atoms with Gasteiger partial charge in [-0.3, -0.25) is 5.43 Å². The van der Waals surface area contributed by atoms with Gasteiger partial charge in [-0.1, -0.05) is 24.3 Å². The number of rotatable bonds is 4. The molecule has 29 heavy (non-hydrogen) atoms. The maximum absolute atomic E-state index is 14.2. The summed E-state index contributed by atoms with van der Waals surface area (Å²) in [6, 6.07) is 16.7. The van der Waals surface area contributed by atoms with Gasteiger partial charge in [-0.2, -0.15) is 5.10 Å². The molecule has 1 aromatic heterocycles. The van der Waals surface area contributed by atoms with Gasteiger partial charge in [0.2, 0.25) is 0 Å². The van der Waals surface area contributed by atoms with E-state index in [0.29, 0.717) is 22.5 Å². The molecule has 4 rings (SSSR count). The van der Waals surface area contributed by atoms with Crippen molar-refractivity contribution in [3.8, 4) is 22.9 Å². The predicted molar refractivity (Wildman–Crippen MR) is 111 cm³/mol. The molecule has 0 aliphatic carbocycles. The number of nitrogens with zero attached hydrogens (tertiary/aromatic N) is 3. The molecule has 0 aliphatic heterocycles. The molecule has 0 unspecified atom stereocenters. The summed E-state index contributed by atoms with van der Waals surface area (Å²) in [4.78, 5) is 8.90. The van der Waals surface area contributed by atoms with E-state index in [1.807, 2.05) is 24.3 Å². The number of phenolic OH excluding ortho intramolecular Hbond substituents is 2. The zero-order valence-electron chi connectivity index (χ0n) is 15.5. The molecule has 0 saturated heterocycles. The number of hydrogen-bond acceptors (Lipinski definition) is 6. The second kappa shape index (κ2) is 7.55. The Labute approximate surface area is 166 Å². The molecule has 0 aliphatic rings. The summed E-state index contributed by atoms with van der Waals surface area (Å²) in [7, 11) is 0. The highest BCUT2D eigenvalue weighted by molar-refractivity contribution is 5.91. The van der Waals surface area contributed by atoms with E-state index in [0.717, 1.165) is 5.39 Å². The Bertz CT molecular complexity index is 1240. The van der Waals surface area contributed by atoms with Crippen LogP contribution in [0.25, 0.3) is 22.3 Å². The quantitative estimate of drug-likeness (QED) is 0.351. The fraction of sp³-hybridized carbons (Fsp3) is 0.0455. The molecule has 0 spiro atoms. The fourth-order valence-corrected chi connectivity index (χ4v) is 2.90. The highest BCUT2D eigenvalue weighted by Crippen LogP contribution is 2.29. The largest absolute Gasteiger partial charge is 0.508 e. The van der Waals surface area contributed by atoms with Crippen LogP contribution in [-0.2, 0) is 0 Å². The molecule has 144 valence electrons. The average molecular weight is 388 g/mol. The first-order valence-corrected chi connectivity index (χ1v) is 8.87. The van der Waals surface area contributed by atoms with E-state index in [9.17, 15) is 14.6 Å². The van der Waals surface area contributed by atoms with Crippen molar-refractivity contribution >= 4 is 22.9 Å². The number of halogens is 1. The van der Waals surface area contributed by atoms with E-state index in [1.165, 1.54) is 18.3 Å². The Hall–Kier alpha value is -4.00. The van der Waals surface area contributed by atoms with E-state index in [2.05, 4.69) is 20.5 Å². The van der Waals surface area contributed by atoms with Crippen LogP contribution in [0.2, 0.25) is 0 Å². The summed E-state index contributed by atoms with van der Waals surface area (Å²) in [5.41, 5.74) is 4.57. The Balaban J connectivity index is 1.73. The molecule has 0 amide bonds. The lowest BCUT2D eigenvalue weighted by Crippen LogP contribution is -2.00. The molecule has 6 nitrogen and oxygen atoms in total. The molecular weight excluding hydrogens is 371 g/mol. The number of phenols is 2. The van der Waals surface area contributed by atoms with Crippen molar-refractivity contribution < 1.29 is 14.6 Å². The van der Waals surface area contributed by atoms with E-state index in [-0.39, 0.29) is 22.9 Å². The molecule has 3 aromatic carbocycles. The Morgan fingerprint density at radius 2 is 1.72 bits per heavy atom. The van der Waals surface area contributed by atoms with Gasteiger partial charge in [-0.15, -0.1) is 0 Å². The molecular formula is C22H17FN4O2. The maximum atomic E-state index is 14.2. The van der Waals surface area contributed by atoms with Crippen LogP contribution in [0.5, 0.6) is 11.5 Å². The smallest absolute Gasteiger partial charge is 0.165 e. The zero-order valence-corrected chi connectivity index (χ0v) is 15.5. The molecule has 0 bridgehead atoms. The van der Waals surface area contributed by atoms with Crippen molar-refractivity contribution in [3.05, 3.63) is 77.6 Å². The van der Waals surface area contributed by atoms with Crippen molar-refractivity contribution in [2.75, 3.05) is 5.43 Å². The van der Waals surface area contributed by atoms with Gasteiger partial charge in [0, 0.05) is 16.5 Å². The standard InChI is InChI=1S/C22H17FN4O2/c1-13-19(28)11-10-14(20(13)29)12-24-27-22-16-7-3-5-9-18(16)25-21(26-22)15-6-2-4-8-17(15)23/h2-12,28-29H,1H3,(H,25,26,27). The minimum Gasteiger partial charge on any atom is -0.508 e. The van der Waals surface area contributed by atoms with Gasteiger partial charge in [-0.05, 0) is 43.3 Å². The second-order valence-electron chi connectivity index (χ2n) is 6.41. The Morgan fingerprint density at radius 3 is 2.55 bits per heavy atom. The number of benzene rings is 3. The molecule has 7 heteroatoms. The van der Waals surface area contributed by atoms with Crippen LogP contribution < -0.4 is 5.43 Å². The fourth-order valence-electron chi connectivity index (χ4n) is 2.90. The van der Waals surface area contributed by atoms with Gasteiger partial charge in [0.05, 0.1) is 17.3 Å². The monoisotopic (exact) mass is 388 g/mol. The third-order valence-corrected chi connectivity index (χ3v) is 4.53. The summed E-state index contributed by atoms with van der Waals surface area (Å²) in [6.45, 7) is 1.61. The third-order valence-electron chi connectivity index (χ3n) is 4.53. The van der Waals surface area contributed by atoms with Crippen molar-refractivity contribution in [2.24, 2.45) is 5.10 Å². The lowest BCUT2D eigenvalue weighted by atomic mass is 10.1. The van der Waals surface area contributed by atoms with Gasteiger partial charge in [0.1, 0.15) is 17.3 Å². The van der Waals surface area contributed by atoms with Crippen molar-refractivity contribution in [1.82, 2.24) is 9.97 Å². The highest BCUT2D eigenvalue weighted by atomic mass is 19.1. The molecule has 0 radical (unpaired) electrons. The van der Waals surface area contributed by atoms with Gasteiger partial charge in [-0.25, -0.2) is 14.4 Å². The molecule has 0 saturated carbocycles. The summed E-state index contributed by atoms with van der Waals surface area (Å²) >= 11 is 0. The minimum absolute atomic E-state index is 0.00364. The average Bonchev–Trinajstić information content (AvgIpc) is 2.74. The van der Waals surface area contributed by atoms with Gasteiger partial charge in [0.25, 0.3) is 0 Å². The van der Waals surface area contributed by atoms with Gasteiger partial charge in [0.15, 0.2) is 11.6 Å². The summed E-state index contributed by atoms with van der Waals surface area (Å²) in [5, 5.41) is 24.6. The van der Waals surface area contributed by atoms with Crippen LogP contribution in [0.1, 0.15) is 11.1 Å². The first-order chi connectivity index (χ1) is 14.0. The molecule has 0 fully saturated rings. The SMILES string of the molecule is Cc1c(O)ccc(C=NNc2nc(-c3ccccc3F)nc3ccccc23)c1O. The van der Waals surface area contributed by atoms with Crippen LogP contribution >= 0.6 is 0 Å². The van der Waals surface area contributed by atoms with E-state index >= 15 is 0 Å². The maximum Gasteiger partial charge on any atom is 0.165 e. The number of para-hydroxylation sites is 1. The van der Waals surface area contributed by atoms with Crippen LogP contribution in [0.3, 0.4) is 0 Å². The lowest BCUT2D eigenvalue weighted by molar-refractivity contribution is 0.442. The van der Waals surface area contributed by atoms with E-state index < -0.39 is 5.82 Å². The number of hydrogen-bond donors (Lipinski definition) is 3. The normalized spacial score (nSPS) is 11.2. The highest BCUT2D eigenvalue weighted by Gasteiger charge is 2.12. The topological polar surface area (TPSA) is 90.6 Å². The summed E-state index contributed by atoms with van der Waals surface area (Å²) in [5.74, 6) is 0.170. The van der Waals surface area contributed by atoms with Crippen molar-refractivity contribution in [3.63, 3.8) is 0 Å². The number of aromatic nitrogens is 2. The van der Waals surface area contributed by atoms with Crippen LogP contribution in [0.15, 0.2) is 65.8 Å². The lowest BCUT2D eigenvalue weighted by Gasteiger charge is -2.09. The predicted octanol–water partition coefficient (Wildman–Crippen LogP) is 4.60. The number of fused-ring (bicyclic) bond motifs is 1. The first-order valence-electron chi connectivity index (χ1n) is 8.87. The zero-order chi connectivity index (χ0) is 20.4. The molecule has 0 atom stereocenters.